The second kappa shape index (κ2) is 5.44. The molecule has 2 aromatic heterocycles. The van der Waals surface area contributed by atoms with Crippen molar-refractivity contribution in [3.8, 4) is 0 Å². The maximum absolute atomic E-state index is 6.55. The van der Waals surface area contributed by atoms with Crippen molar-refractivity contribution < 1.29 is 0 Å². The van der Waals surface area contributed by atoms with Crippen LogP contribution in [0.15, 0.2) is 6.33 Å². The molecule has 0 amide bonds. The molecule has 21 heavy (non-hydrogen) atoms. The average molecular weight is 306 g/mol. The quantitative estimate of drug-likeness (QED) is 0.798. The molecule has 3 heterocycles. The van der Waals surface area contributed by atoms with Gasteiger partial charge < -0.3 is 4.90 Å². The van der Waals surface area contributed by atoms with Crippen LogP contribution in [0.5, 0.6) is 0 Å². The number of anilines is 1. The molecule has 1 saturated heterocycles. The first kappa shape index (κ1) is 13.3. The predicted molar refractivity (Wildman–Crippen MR) is 83.1 cm³/mol. The summed E-state index contributed by atoms with van der Waals surface area (Å²) in [5.74, 6) is 2.28. The van der Waals surface area contributed by atoms with Crippen molar-refractivity contribution in [3.05, 3.63) is 17.0 Å². The number of hydrogen-bond donors (Lipinski definition) is 0. The number of hydrogen-bond acceptors (Lipinski definition) is 4. The van der Waals surface area contributed by atoms with Gasteiger partial charge in [0.25, 0.3) is 5.78 Å². The smallest absolute Gasteiger partial charge is 0.255 e. The third kappa shape index (κ3) is 2.27. The van der Waals surface area contributed by atoms with Crippen LogP contribution in [0.25, 0.3) is 5.78 Å². The fourth-order valence-electron chi connectivity index (χ4n) is 3.79. The van der Waals surface area contributed by atoms with E-state index in [9.17, 15) is 0 Å². The molecule has 5 nitrogen and oxygen atoms in total. The van der Waals surface area contributed by atoms with E-state index >= 15 is 0 Å². The van der Waals surface area contributed by atoms with E-state index in [1.54, 1.807) is 6.33 Å². The van der Waals surface area contributed by atoms with Crippen LogP contribution in [0, 0.1) is 0 Å². The van der Waals surface area contributed by atoms with E-state index in [1.165, 1.54) is 50.5 Å². The highest BCUT2D eigenvalue weighted by Crippen LogP contribution is 2.42. The molecule has 0 unspecified atom stereocenters. The fourth-order valence-corrected chi connectivity index (χ4v) is 4.11. The Hall–Kier alpha value is -1.36. The van der Waals surface area contributed by atoms with Crippen LogP contribution in [0.1, 0.15) is 56.4 Å². The number of halogens is 1. The van der Waals surface area contributed by atoms with Crippen LogP contribution in [-0.2, 0) is 0 Å². The molecule has 0 bridgehead atoms. The average Bonchev–Trinajstić information content (AvgIpc) is 3.17. The van der Waals surface area contributed by atoms with Gasteiger partial charge in [-0.3, -0.25) is 0 Å². The third-order valence-electron chi connectivity index (χ3n) is 4.81. The molecular weight excluding hydrogens is 286 g/mol. The minimum atomic E-state index is 0.524. The lowest BCUT2D eigenvalue weighted by Gasteiger charge is -2.31. The lowest BCUT2D eigenvalue weighted by atomic mass is 9.98. The van der Waals surface area contributed by atoms with Crippen molar-refractivity contribution in [2.75, 3.05) is 18.0 Å². The minimum absolute atomic E-state index is 0.524. The minimum Gasteiger partial charge on any atom is -0.356 e. The zero-order chi connectivity index (χ0) is 14.2. The summed E-state index contributed by atoms with van der Waals surface area (Å²) in [6.07, 6.45) is 10.4. The first-order valence-electron chi connectivity index (χ1n) is 7.98. The number of rotatable bonds is 2. The second-order valence-corrected chi connectivity index (χ2v) is 6.50. The van der Waals surface area contributed by atoms with Crippen LogP contribution < -0.4 is 4.90 Å². The zero-order valence-corrected chi connectivity index (χ0v) is 12.9. The van der Waals surface area contributed by atoms with Crippen LogP contribution >= 0.6 is 11.6 Å². The Balaban J connectivity index is 1.89. The topological polar surface area (TPSA) is 46.3 Å². The number of fused-ring (bicyclic) bond motifs is 1. The first-order valence-corrected chi connectivity index (χ1v) is 8.36. The van der Waals surface area contributed by atoms with E-state index < -0.39 is 0 Å². The van der Waals surface area contributed by atoms with Gasteiger partial charge in [-0.05, 0) is 38.0 Å². The summed E-state index contributed by atoms with van der Waals surface area (Å²) < 4.78 is 1.89. The number of aromatic nitrogens is 4. The van der Waals surface area contributed by atoms with Gasteiger partial charge in [-0.15, -0.1) is 0 Å². The van der Waals surface area contributed by atoms with E-state index in [2.05, 4.69) is 20.0 Å². The Morgan fingerprint density at radius 3 is 2.57 bits per heavy atom. The fraction of sp³-hybridized carbons (Fsp3) is 0.667. The van der Waals surface area contributed by atoms with Crippen molar-refractivity contribution in [1.82, 2.24) is 19.6 Å². The Morgan fingerprint density at radius 1 is 1.05 bits per heavy atom. The van der Waals surface area contributed by atoms with Crippen LogP contribution in [0.4, 0.5) is 5.82 Å². The van der Waals surface area contributed by atoms with Crippen molar-refractivity contribution in [2.24, 2.45) is 0 Å². The summed E-state index contributed by atoms with van der Waals surface area (Å²) in [5.41, 5.74) is 1.20. The summed E-state index contributed by atoms with van der Waals surface area (Å²) in [5, 5.41) is 5.04. The van der Waals surface area contributed by atoms with Gasteiger partial charge in [0.05, 0.1) is 0 Å². The van der Waals surface area contributed by atoms with Crippen LogP contribution in [0.3, 0.4) is 0 Å². The van der Waals surface area contributed by atoms with Gasteiger partial charge in [-0.2, -0.15) is 19.6 Å². The molecule has 0 spiro atoms. The lowest BCUT2D eigenvalue weighted by Crippen LogP contribution is -2.32. The van der Waals surface area contributed by atoms with Crippen LogP contribution in [0.2, 0.25) is 5.15 Å². The second-order valence-electron chi connectivity index (χ2n) is 6.14. The van der Waals surface area contributed by atoms with Gasteiger partial charge >= 0.3 is 0 Å². The summed E-state index contributed by atoms with van der Waals surface area (Å²) >= 11 is 6.55. The van der Waals surface area contributed by atoms with Crippen molar-refractivity contribution in [2.45, 2.75) is 50.9 Å². The summed E-state index contributed by atoms with van der Waals surface area (Å²) in [7, 11) is 0. The van der Waals surface area contributed by atoms with E-state index in [0.717, 1.165) is 18.9 Å². The summed E-state index contributed by atoms with van der Waals surface area (Å²) in [6, 6.07) is 0. The molecule has 2 fully saturated rings. The molecular formula is C15H20ClN5. The summed E-state index contributed by atoms with van der Waals surface area (Å²) in [6.45, 7) is 2.16. The van der Waals surface area contributed by atoms with Crippen molar-refractivity contribution in [1.29, 1.82) is 0 Å². The molecule has 4 rings (SSSR count). The monoisotopic (exact) mass is 305 g/mol. The molecule has 0 N–H and O–H groups in total. The largest absolute Gasteiger partial charge is 0.356 e. The number of piperidine rings is 1. The zero-order valence-electron chi connectivity index (χ0n) is 12.1. The number of nitrogens with zero attached hydrogens (tertiary/aromatic N) is 5. The van der Waals surface area contributed by atoms with Gasteiger partial charge in [0.15, 0.2) is 0 Å². The SMILES string of the molecule is Clc1nc2ncnn2c(N2CCCCC2)c1C1CCCC1. The molecule has 2 aromatic rings. The highest BCUT2D eigenvalue weighted by Gasteiger charge is 2.29. The predicted octanol–water partition coefficient (Wildman–Crippen LogP) is 3.43. The molecule has 1 saturated carbocycles. The lowest BCUT2D eigenvalue weighted by molar-refractivity contribution is 0.561. The standard InChI is InChI=1S/C15H20ClN5/c16-13-12(11-6-2-3-7-11)14(20-8-4-1-5-9-20)21-15(19-13)17-10-18-21/h10-11H,1-9H2. The van der Waals surface area contributed by atoms with Gasteiger partial charge in [-0.25, -0.2) is 0 Å². The Bertz CT molecular complexity index is 641. The van der Waals surface area contributed by atoms with Crippen molar-refractivity contribution in [3.63, 3.8) is 0 Å². The van der Waals surface area contributed by atoms with E-state index in [0.29, 0.717) is 16.8 Å². The Morgan fingerprint density at radius 2 is 1.81 bits per heavy atom. The highest BCUT2D eigenvalue weighted by molar-refractivity contribution is 6.30. The molecule has 1 aliphatic heterocycles. The van der Waals surface area contributed by atoms with Gasteiger partial charge in [0, 0.05) is 18.7 Å². The molecule has 6 heteroatoms. The maximum atomic E-state index is 6.55. The highest BCUT2D eigenvalue weighted by atomic mass is 35.5. The van der Waals surface area contributed by atoms with E-state index in [-0.39, 0.29) is 0 Å². The van der Waals surface area contributed by atoms with E-state index in [4.69, 9.17) is 11.6 Å². The first-order chi connectivity index (χ1) is 10.3. The molecule has 1 aliphatic carbocycles. The van der Waals surface area contributed by atoms with E-state index in [1.807, 2.05) is 4.52 Å². The normalized spacial score (nSPS) is 20.5. The Kier molecular flexibility index (Phi) is 3.45. The molecule has 0 atom stereocenters. The summed E-state index contributed by atoms with van der Waals surface area (Å²) in [4.78, 5) is 11.1. The molecule has 0 aromatic carbocycles. The van der Waals surface area contributed by atoms with Gasteiger partial charge in [0.1, 0.15) is 17.3 Å². The maximum Gasteiger partial charge on any atom is 0.255 e. The molecule has 112 valence electrons. The van der Waals surface area contributed by atoms with Crippen LogP contribution in [-0.4, -0.2) is 32.7 Å². The molecule has 2 aliphatic rings. The Labute approximate surface area is 129 Å². The van der Waals surface area contributed by atoms with Gasteiger partial charge in [0.2, 0.25) is 0 Å². The third-order valence-corrected chi connectivity index (χ3v) is 5.10. The van der Waals surface area contributed by atoms with Gasteiger partial charge in [-0.1, -0.05) is 24.4 Å². The van der Waals surface area contributed by atoms with Crippen molar-refractivity contribution >= 4 is 23.2 Å². The molecule has 0 radical (unpaired) electrons.